The summed E-state index contributed by atoms with van der Waals surface area (Å²) < 4.78 is 5.81. The van der Waals surface area contributed by atoms with Gasteiger partial charge in [0.2, 0.25) is 0 Å². The molecule has 2 rings (SSSR count). The molecule has 1 aromatic carbocycles. The van der Waals surface area contributed by atoms with Gasteiger partial charge in [0.1, 0.15) is 0 Å². The van der Waals surface area contributed by atoms with Gasteiger partial charge < -0.3 is 10.5 Å². The zero-order chi connectivity index (χ0) is 13.0. The molecular formula is C16H25NO. The molecule has 0 bridgehead atoms. The predicted octanol–water partition coefficient (Wildman–Crippen LogP) is 3.21. The molecule has 1 unspecified atom stereocenters. The van der Waals surface area contributed by atoms with E-state index in [1.165, 1.54) is 30.4 Å². The molecule has 2 N–H and O–H groups in total. The van der Waals surface area contributed by atoms with Gasteiger partial charge in [-0.1, -0.05) is 49.1 Å². The Morgan fingerprint density at radius 3 is 2.33 bits per heavy atom. The van der Waals surface area contributed by atoms with Gasteiger partial charge in [0, 0.05) is 13.2 Å². The number of aryl methyl sites for hydroxylation is 1. The van der Waals surface area contributed by atoms with Gasteiger partial charge in [-0.2, -0.15) is 0 Å². The van der Waals surface area contributed by atoms with Crippen LogP contribution in [0.5, 0.6) is 0 Å². The lowest BCUT2D eigenvalue weighted by Gasteiger charge is -2.41. The molecule has 0 aromatic heterocycles. The number of nitrogens with two attached hydrogens (primary N) is 1. The normalized spacial score (nSPS) is 20.6. The van der Waals surface area contributed by atoms with E-state index < -0.39 is 0 Å². The molecule has 0 aliphatic heterocycles. The fourth-order valence-corrected chi connectivity index (χ4v) is 3.04. The first-order chi connectivity index (χ1) is 8.66. The van der Waals surface area contributed by atoms with Crippen LogP contribution in [0, 0.1) is 6.92 Å². The molecule has 100 valence electrons. The van der Waals surface area contributed by atoms with Crippen molar-refractivity contribution in [2.45, 2.75) is 57.1 Å². The monoisotopic (exact) mass is 247 g/mol. The van der Waals surface area contributed by atoms with Crippen molar-refractivity contribution in [3.63, 3.8) is 0 Å². The molecule has 2 nitrogen and oxygen atoms in total. The fraction of sp³-hybridized carbons (Fsp3) is 0.625. The Morgan fingerprint density at radius 1 is 1.17 bits per heavy atom. The van der Waals surface area contributed by atoms with Gasteiger partial charge in [0.05, 0.1) is 5.60 Å². The number of ether oxygens (including phenoxy) is 1. The number of rotatable bonds is 4. The van der Waals surface area contributed by atoms with Gasteiger partial charge in [0.25, 0.3) is 0 Å². The van der Waals surface area contributed by atoms with E-state index in [9.17, 15) is 0 Å². The van der Waals surface area contributed by atoms with Crippen molar-refractivity contribution in [1.82, 2.24) is 0 Å². The van der Waals surface area contributed by atoms with Crippen LogP contribution in [0.1, 0.15) is 43.2 Å². The average molecular weight is 247 g/mol. The van der Waals surface area contributed by atoms with E-state index in [4.69, 9.17) is 10.5 Å². The van der Waals surface area contributed by atoms with Gasteiger partial charge in [-0.15, -0.1) is 0 Å². The number of hydrogen-bond acceptors (Lipinski definition) is 2. The van der Waals surface area contributed by atoms with Gasteiger partial charge in [-0.3, -0.25) is 0 Å². The summed E-state index contributed by atoms with van der Waals surface area (Å²) in [6.07, 6.45) is 6.94. The minimum Gasteiger partial charge on any atom is -0.377 e. The maximum Gasteiger partial charge on any atom is 0.0832 e. The summed E-state index contributed by atoms with van der Waals surface area (Å²) >= 11 is 0. The van der Waals surface area contributed by atoms with Crippen LogP contribution in [0.4, 0.5) is 0 Å². The van der Waals surface area contributed by atoms with Crippen molar-refractivity contribution in [3.8, 4) is 0 Å². The van der Waals surface area contributed by atoms with Gasteiger partial charge >= 0.3 is 0 Å². The number of methoxy groups -OCH3 is 1. The van der Waals surface area contributed by atoms with Crippen molar-refractivity contribution < 1.29 is 4.74 Å². The molecule has 2 heteroatoms. The molecule has 1 aliphatic rings. The summed E-state index contributed by atoms with van der Waals surface area (Å²) in [5, 5.41) is 0. The van der Waals surface area contributed by atoms with Gasteiger partial charge in [0.15, 0.2) is 0 Å². The highest BCUT2D eigenvalue weighted by Gasteiger charge is 2.37. The maximum atomic E-state index is 6.44. The summed E-state index contributed by atoms with van der Waals surface area (Å²) in [6.45, 7) is 2.11. The maximum absolute atomic E-state index is 6.44. The average Bonchev–Trinajstić information content (AvgIpc) is 2.42. The van der Waals surface area contributed by atoms with Crippen LogP contribution >= 0.6 is 0 Å². The topological polar surface area (TPSA) is 35.2 Å². The first kappa shape index (κ1) is 13.6. The number of benzene rings is 1. The summed E-state index contributed by atoms with van der Waals surface area (Å²) in [4.78, 5) is 0. The largest absolute Gasteiger partial charge is 0.377 e. The van der Waals surface area contributed by atoms with E-state index in [1.54, 1.807) is 0 Å². The molecule has 1 fully saturated rings. The summed E-state index contributed by atoms with van der Waals surface area (Å²) in [6, 6.07) is 8.78. The molecule has 1 atom stereocenters. The Labute approximate surface area is 111 Å². The van der Waals surface area contributed by atoms with Crippen LogP contribution in [-0.2, 0) is 11.2 Å². The van der Waals surface area contributed by atoms with Crippen molar-refractivity contribution in [1.29, 1.82) is 0 Å². The summed E-state index contributed by atoms with van der Waals surface area (Å²) in [5.74, 6) is 0. The van der Waals surface area contributed by atoms with Crippen LogP contribution in [0.3, 0.4) is 0 Å². The second kappa shape index (κ2) is 5.85. The molecule has 1 saturated carbocycles. The molecule has 0 saturated heterocycles. The molecule has 0 spiro atoms. The van der Waals surface area contributed by atoms with E-state index in [0.717, 1.165) is 19.3 Å². The first-order valence-electron chi connectivity index (χ1n) is 7.02. The quantitative estimate of drug-likeness (QED) is 0.886. The smallest absolute Gasteiger partial charge is 0.0832 e. The minimum atomic E-state index is -0.0941. The standard InChI is InChI=1S/C16H25NO/c1-13-6-8-14(9-7-13)12-15(17)16(18-2)10-4-3-5-11-16/h6-9,15H,3-5,10-12,17H2,1-2H3. The molecule has 1 aliphatic carbocycles. The lowest BCUT2D eigenvalue weighted by molar-refractivity contribution is -0.0582. The predicted molar refractivity (Wildman–Crippen MR) is 75.7 cm³/mol. The third-order valence-electron chi connectivity index (χ3n) is 4.36. The highest BCUT2D eigenvalue weighted by molar-refractivity contribution is 5.22. The third-order valence-corrected chi connectivity index (χ3v) is 4.36. The SMILES string of the molecule is COC1(C(N)Cc2ccc(C)cc2)CCCCC1. The molecular weight excluding hydrogens is 222 g/mol. The van der Waals surface area contributed by atoms with E-state index in [-0.39, 0.29) is 11.6 Å². The van der Waals surface area contributed by atoms with Crippen molar-refractivity contribution in [2.24, 2.45) is 5.73 Å². The second-order valence-corrected chi connectivity index (χ2v) is 5.63. The first-order valence-corrected chi connectivity index (χ1v) is 7.02. The lowest BCUT2D eigenvalue weighted by Crippen LogP contribution is -2.51. The zero-order valence-corrected chi connectivity index (χ0v) is 11.6. The Morgan fingerprint density at radius 2 is 1.78 bits per heavy atom. The van der Waals surface area contributed by atoms with Crippen LogP contribution in [0.25, 0.3) is 0 Å². The van der Waals surface area contributed by atoms with E-state index in [1.807, 2.05) is 7.11 Å². The Bertz CT molecular complexity index is 365. The Balaban J connectivity index is 2.05. The van der Waals surface area contributed by atoms with E-state index in [0.29, 0.717) is 0 Å². The highest BCUT2D eigenvalue weighted by atomic mass is 16.5. The van der Waals surface area contributed by atoms with Crippen molar-refractivity contribution in [2.75, 3.05) is 7.11 Å². The van der Waals surface area contributed by atoms with Crippen LogP contribution < -0.4 is 5.73 Å². The minimum absolute atomic E-state index is 0.0941. The van der Waals surface area contributed by atoms with Gasteiger partial charge in [-0.25, -0.2) is 0 Å². The van der Waals surface area contributed by atoms with E-state index in [2.05, 4.69) is 31.2 Å². The highest BCUT2D eigenvalue weighted by Crippen LogP contribution is 2.34. The van der Waals surface area contributed by atoms with Crippen LogP contribution in [0.15, 0.2) is 24.3 Å². The molecule has 0 amide bonds. The van der Waals surface area contributed by atoms with Crippen molar-refractivity contribution in [3.05, 3.63) is 35.4 Å². The van der Waals surface area contributed by atoms with Crippen molar-refractivity contribution >= 4 is 0 Å². The Kier molecular flexibility index (Phi) is 4.41. The Hall–Kier alpha value is -0.860. The third kappa shape index (κ3) is 2.93. The fourth-order valence-electron chi connectivity index (χ4n) is 3.04. The van der Waals surface area contributed by atoms with E-state index >= 15 is 0 Å². The second-order valence-electron chi connectivity index (χ2n) is 5.63. The summed E-state index contributed by atoms with van der Waals surface area (Å²) in [7, 11) is 1.82. The lowest BCUT2D eigenvalue weighted by atomic mass is 9.77. The van der Waals surface area contributed by atoms with Crippen LogP contribution in [-0.4, -0.2) is 18.8 Å². The molecule has 0 radical (unpaired) electrons. The molecule has 0 heterocycles. The van der Waals surface area contributed by atoms with Crippen LogP contribution in [0.2, 0.25) is 0 Å². The molecule has 18 heavy (non-hydrogen) atoms. The summed E-state index contributed by atoms with van der Waals surface area (Å²) in [5.41, 5.74) is 8.96. The number of hydrogen-bond donors (Lipinski definition) is 1. The zero-order valence-electron chi connectivity index (χ0n) is 11.6. The molecule has 1 aromatic rings. The van der Waals surface area contributed by atoms with Gasteiger partial charge in [-0.05, 0) is 31.7 Å².